The number of carboxylic acids is 1. The van der Waals surface area contributed by atoms with Gasteiger partial charge in [0.05, 0.1) is 0 Å². The molecular weight excluding hydrogens is 208 g/mol. The quantitative estimate of drug-likeness (QED) is 0.373. The number of halogens is 1. The van der Waals surface area contributed by atoms with E-state index in [2.05, 4.69) is 0 Å². The zero-order valence-electron chi connectivity index (χ0n) is 5.92. The molecule has 0 saturated heterocycles. The second kappa shape index (κ2) is 4.20. The second-order valence-corrected chi connectivity index (χ2v) is 4.57. The monoisotopic (exact) mass is 217 g/mol. The molecule has 5 N–H and O–H groups in total. The van der Waals surface area contributed by atoms with Gasteiger partial charge in [-0.05, 0) is 0 Å². The topological polar surface area (TPSA) is 121 Å². The van der Waals surface area contributed by atoms with E-state index in [0.29, 0.717) is 0 Å². The standard InChI is InChI=1S/C4H9ClNO5P/c5-2(4(7)8)1-3(6)12(9,10)11/h2-3H,1,6H2,(H,7,8)(H2,9,10,11). The summed E-state index contributed by atoms with van der Waals surface area (Å²) in [6.07, 6.45) is -0.457. The predicted octanol–water partition coefficient (Wildman–Crippen LogP) is -0.469. The van der Waals surface area contributed by atoms with Crippen molar-refractivity contribution in [3.05, 3.63) is 0 Å². The highest BCUT2D eigenvalue weighted by Crippen LogP contribution is 2.40. The number of carboxylic acid groups (broad SMARTS) is 1. The van der Waals surface area contributed by atoms with Gasteiger partial charge in [0.25, 0.3) is 0 Å². The van der Waals surface area contributed by atoms with Gasteiger partial charge in [-0.1, -0.05) is 0 Å². The molecule has 12 heavy (non-hydrogen) atoms. The van der Waals surface area contributed by atoms with Gasteiger partial charge in [0, 0.05) is 6.42 Å². The first kappa shape index (κ1) is 11.9. The van der Waals surface area contributed by atoms with E-state index >= 15 is 0 Å². The van der Waals surface area contributed by atoms with Crippen molar-refractivity contribution in [3.63, 3.8) is 0 Å². The second-order valence-electron chi connectivity index (χ2n) is 2.20. The molecule has 0 saturated carbocycles. The molecule has 8 heteroatoms. The van der Waals surface area contributed by atoms with Crippen LogP contribution in [-0.4, -0.2) is 32.0 Å². The van der Waals surface area contributed by atoms with Gasteiger partial charge in [0.15, 0.2) is 0 Å². The van der Waals surface area contributed by atoms with Gasteiger partial charge >= 0.3 is 13.6 Å². The minimum Gasteiger partial charge on any atom is -0.480 e. The molecule has 0 aromatic carbocycles. The average molecular weight is 218 g/mol. The molecule has 0 fully saturated rings. The Labute approximate surface area is 73.5 Å². The van der Waals surface area contributed by atoms with Gasteiger partial charge in [0.2, 0.25) is 0 Å². The fraction of sp³-hybridized carbons (Fsp3) is 0.750. The lowest BCUT2D eigenvalue weighted by Crippen LogP contribution is -2.27. The van der Waals surface area contributed by atoms with Crippen molar-refractivity contribution in [2.24, 2.45) is 5.73 Å². The number of hydrogen-bond donors (Lipinski definition) is 4. The lowest BCUT2D eigenvalue weighted by Gasteiger charge is -2.13. The number of carbonyl (C=O) groups is 1. The molecule has 72 valence electrons. The van der Waals surface area contributed by atoms with E-state index in [1.54, 1.807) is 0 Å². The lowest BCUT2D eigenvalue weighted by molar-refractivity contribution is -0.136. The fourth-order valence-electron chi connectivity index (χ4n) is 0.450. The zero-order chi connectivity index (χ0) is 9.94. The minimum atomic E-state index is -4.42. The van der Waals surface area contributed by atoms with Crippen molar-refractivity contribution in [1.82, 2.24) is 0 Å². The van der Waals surface area contributed by atoms with E-state index in [-0.39, 0.29) is 0 Å². The van der Waals surface area contributed by atoms with Crippen LogP contribution in [0.5, 0.6) is 0 Å². The Morgan fingerprint density at radius 1 is 1.58 bits per heavy atom. The van der Waals surface area contributed by atoms with Gasteiger partial charge in [-0.3, -0.25) is 9.36 Å². The Bertz CT molecular complexity index is 215. The minimum absolute atomic E-state index is 0.457. The van der Waals surface area contributed by atoms with Crippen LogP contribution < -0.4 is 5.73 Å². The lowest BCUT2D eigenvalue weighted by atomic mass is 10.3. The van der Waals surface area contributed by atoms with Crippen LogP contribution in [0.4, 0.5) is 0 Å². The van der Waals surface area contributed by atoms with Crippen molar-refractivity contribution in [1.29, 1.82) is 0 Å². The molecule has 0 aromatic rings. The summed E-state index contributed by atoms with van der Waals surface area (Å²) < 4.78 is 10.4. The van der Waals surface area contributed by atoms with Crippen LogP contribution in [0.3, 0.4) is 0 Å². The van der Waals surface area contributed by atoms with Crippen LogP contribution in [0.1, 0.15) is 6.42 Å². The number of rotatable bonds is 4. The van der Waals surface area contributed by atoms with Crippen molar-refractivity contribution in [2.75, 3.05) is 0 Å². The van der Waals surface area contributed by atoms with Crippen LogP contribution in [-0.2, 0) is 9.36 Å². The van der Waals surface area contributed by atoms with Crippen LogP contribution in [0.15, 0.2) is 0 Å². The Morgan fingerprint density at radius 3 is 2.25 bits per heavy atom. The zero-order valence-corrected chi connectivity index (χ0v) is 7.57. The summed E-state index contributed by atoms with van der Waals surface area (Å²) in [6, 6.07) is 0. The number of hydrogen-bond acceptors (Lipinski definition) is 3. The molecule has 0 bridgehead atoms. The molecule has 0 heterocycles. The Balaban J connectivity index is 4.11. The van der Waals surface area contributed by atoms with Gasteiger partial charge in [-0.25, -0.2) is 0 Å². The predicted molar refractivity (Wildman–Crippen MR) is 41.9 cm³/mol. The SMILES string of the molecule is NC(CC(Cl)C(=O)O)P(=O)(O)O. The summed E-state index contributed by atoms with van der Waals surface area (Å²) in [4.78, 5) is 27.0. The molecule has 0 radical (unpaired) electrons. The summed E-state index contributed by atoms with van der Waals surface area (Å²) in [6.45, 7) is 0. The molecule has 0 rings (SSSR count). The Morgan fingerprint density at radius 2 is 2.00 bits per heavy atom. The highest BCUT2D eigenvalue weighted by atomic mass is 35.5. The Hall–Kier alpha value is -0.130. The fourth-order valence-corrected chi connectivity index (χ4v) is 1.25. The van der Waals surface area contributed by atoms with Crippen LogP contribution >= 0.6 is 19.2 Å². The highest BCUT2D eigenvalue weighted by Gasteiger charge is 2.29. The third-order valence-corrected chi connectivity index (χ3v) is 2.59. The van der Waals surface area contributed by atoms with E-state index in [1.165, 1.54) is 0 Å². The molecule has 0 aliphatic carbocycles. The van der Waals surface area contributed by atoms with Crippen molar-refractivity contribution < 1.29 is 24.3 Å². The van der Waals surface area contributed by atoms with Crippen LogP contribution in [0.25, 0.3) is 0 Å². The third-order valence-electron chi connectivity index (χ3n) is 1.15. The van der Waals surface area contributed by atoms with Crippen LogP contribution in [0, 0.1) is 0 Å². The maximum atomic E-state index is 10.4. The van der Waals surface area contributed by atoms with E-state index in [1.807, 2.05) is 0 Å². The van der Waals surface area contributed by atoms with Crippen LogP contribution in [0.2, 0.25) is 0 Å². The molecule has 0 spiro atoms. The van der Waals surface area contributed by atoms with Crippen molar-refractivity contribution in [2.45, 2.75) is 17.6 Å². The summed E-state index contributed by atoms with van der Waals surface area (Å²) in [5.74, 6) is -2.86. The normalized spacial score (nSPS) is 17.0. The van der Waals surface area contributed by atoms with Gasteiger partial charge in [0.1, 0.15) is 11.2 Å². The van der Waals surface area contributed by atoms with Gasteiger partial charge in [-0.15, -0.1) is 11.6 Å². The smallest absolute Gasteiger partial charge is 0.342 e. The third kappa shape index (κ3) is 4.04. The van der Waals surface area contributed by atoms with E-state index in [9.17, 15) is 9.36 Å². The largest absolute Gasteiger partial charge is 0.480 e. The first-order valence-electron chi connectivity index (χ1n) is 2.93. The Kier molecular flexibility index (Phi) is 4.16. The molecular formula is C4H9ClNO5P. The summed E-state index contributed by atoms with van der Waals surface area (Å²) in [5, 5.41) is 6.89. The maximum absolute atomic E-state index is 10.4. The molecule has 0 aromatic heterocycles. The molecule has 0 aliphatic rings. The first-order chi connectivity index (χ1) is 5.25. The van der Waals surface area contributed by atoms with E-state index < -0.39 is 31.1 Å². The highest BCUT2D eigenvalue weighted by molar-refractivity contribution is 7.52. The molecule has 2 unspecified atom stereocenters. The number of aliphatic carboxylic acids is 1. The number of alkyl halides is 1. The first-order valence-corrected chi connectivity index (χ1v) is 5.04. The molecule has 0 amide bonds. The van der Waals surface area contributed by atoms with E-state index in [4.69, 9.17) is 32.2 Å². The number of nitrogens with two attached hydrogens (primary N) is 1. The molecule has 2 atom stereocenters. The van der Waals surface area contributed by atoms with Gasteiger partial charge in [-0.2, -0.15) is 0 Å². The average Bonchev–Trinajstić information content (AvgIpc) is 1.85. The van der Waals surface area contributed by atoms with Crippen molar-refractivity contribution >= 4 is 25.2 Å². The summed E-state index contributed by atoms with van der Waals surface area (Å²) >= 11 is 5.19. The van der Waals surface area contributed by atoms with Gasteiger partial charge < -0.3 is 20.6 Å². The summed E-state index contributed by atoms with van der Waals surface area (Å²) in [7, 11) is -4.42. The molecule has 0 aliphatic heterocycles. The van der Waals surface area contributed by atoms with E-state index in [0.717, 1.165) is 0 Å². The van der Waals surface area contributed by atoms with Crippen molar-refractivity contribution in [3.8, 4) is 0 Å². The molecule has 6 nitrogen and oxygen atoms in total. The summed E-state index contributed by atoms with van der Waals surface area (Å²) in [5.41, 5.74) is 4.98. The maximum Gasteiger partial charge on any atom is 0.342 e.